The third-order valence-corrected chi connectivity index (χ3v) is 5.11. The standard InChI is InChI=1S/C25H27N5O4/c1-3-21(8-5-11-26)34-25(32)28-14-18-6-4-7-19(13-18)29-24(31)30-20-9-10-22(17(2)12-20)23-15-27-16-33-23/h4,6-7,9-10,12-13,15-16,21H,3,5,8,14H2,1-2H3,(H,28,32)(H2,29,30,31)/t21-/m0/s1. The van der Waals surface area contributed by atoms with Crippen molar-refractivity contribution in [3.63, 3.8) is 0 Å². The van der Waals surface area contributed by atoms with E-state index in [2.05, 4.69) is 27.0 Å². The van der Waals surface area contributed by atoms with Crippen LogP contribution in [0.4, 0.5) is 21.0 Å². The number of hydrogen-bond acceptors (Lipinski definition) is 6. The molecule has 9 heteroatoms. The molecule has 0 spiro atoms. The molecule has 0 fully saturated rings. The van der Waals surface area contributed by atoms with Crippen LogP contribution in [0.5, 0.6) is 0 Å². The summed E-state index contributed by atoms with van der Waals surface area (Å²) in [7, 11) is 0. The lowest BCUT2D eigenvalue weighted by Crippen LogP contribution is -2.28. The van der Waals surface area contributed by atoms with Gasteiger partial charge in [-0.3, -0.25) is 0 Å². The molecule has 3 rings (SSSR count). The Hall–Kier alpha value is -4.32. The average molecular weight is 462 g/mol. The quantitative estimate of drug-likeness (QED) is 0.380. The van der Waals surface area contributed by atoms with Gasteiger partial charge in [-0.05, 0) is 61.2 Å². The zero-order valence-corrected chi connectivity index (χ0v) is 19.1. The number of hydrogen-bond donors (Lipinski definition) is 3. The zero-order valence-electron chi connectivity index (χ0n) is 19.1. The molecular weight excluding hydrogens is 434 g/mol. The molecule has 2 aromatic carbocycles. The number of anilines is 2. The fourth-order valence-corrected chi connectivity index (χ4v) is 3.36. The predicted octanol–water partition coefficient (Wildman–Crippen LogP) is 5.60. The van der Waals surface area contributed by atoms with Gasteiger partial charge in [-0.1, -0.05) is 19.1 Å². The largest absolute Gasteiger partial charge is 0.446 e. The molecule has 1 heterocycles. The van der Waals surface area contributed by atoms with E-state index >= 15 is 0 Å². The number of ether oxygens (including phenoxy) is 1. The van der Waals surface area contributed by atoms with Gasteiger partial charge in [0.1, 0.15) is 6.10 Å². The summed E-state index contributed by atoms with van der Waals surface area (Å²) >= 11 is 0. The minimum Gasteiger partial charge on any atom is -0.446 e. The van der Waals surface area contributed by atoms with Gasteiger partial charge in [0.2, 0.25) is 0 Å². The van der Waals surface area contributed by atoms with Crippen LogP contribution < -0.4 is 16.0 Å². The van der Waals surface area contributed by atoms with Crippen molar-refractivity contribution in [1.82, 2.24) is 10.3 Å². The smallest absolute Gasteiger partial charge is 0.407 e. The molecule has 176 valence electrons. The second-order valence-electron chi connectivity index (χ2n) is 7.66. The minimum atomic E-state index is -0.537. The van der Waals surface area contributed by atoms with E-state index in [9.17, 15) is 9.59 Å². The van der Waals surface area contributed by atoms with Crippen molar-refractivity contribution in [2.75, 3.05) is 10.6 Å². The van der Waals surface area contributed by atoms with E-state index in [1.165, 1.54) is 6.39 Å². The van der Waals surface area contributed by atoms with Gasteiger partial charge >= 0.3 is 12.1 Å². The molecule has 0 bridgehead atoms. The Morgan fingerprint density at radius 3 is 2.65 bits per heavy atom. The number of aryl methyl sites for hydroxylation is 1. The lowest BCUT2D eigenvalue weighted by Gasteiger charge is -2.15. The van der Waals surface area contributed by atoms with Crippen LogP contribution in [0, 0.1) is 18.3 Å². The number of nitriles is 1. The third-order valence-electron chi connectivity index (χ3n) is 5.11. The van der Waals surface area contributed by atoms with Crippen molar-refractivity contribution in [2.24, 2.45) is 0 Å². The average Bonchev–Trinajstić information content (AvgIpc) is 3.35. The highest BCUT2D eigenvalue weighted by Crippen LogP contribution is 2.25. The van der Waals surface area contributed by atoms with Crippen LogP contribution in [0.15, 0.2) is 59.5 Å². The Kier molecular flexibility index (Phi) is 8.63. The van der Waals surface area contributed by atoms with Gasteiger partial charge in [0.25, 0.3) is 0 Å². The number of nitrogens with one attached hydrogen (secondary N) is 3. The van der Waals surface area contributed by atoms with Crippen molar-refractivity contribution in [2.45, 2.75) is 45.8 Å². The number of rotatable bonds is 9. The molecule has 9 nitrogen and oxygen atoms in total. The molecule has 34 heavy (non-hydrogen) atoms. The lowest BCUT2D eigenvalue weighted by atomic mass is 10.1. The van der Waals surface area contributed by atoms with Gasteiger partial charge in [0.05, 0.1) is 12.3 Å². The van der Waals surface area contributed by atoms with Crippen molar-refractivity contribution in [3.8, 4) is 17.4 Å². The molecule has 0 radical (unpaired) electrons. The number of urea groups is 1. The number of aromatic nitrogens is 1. The Morgan fingerprint density at radius 2 is 1.97 bits per heavy atom. The fourth-order valence-electron chi connectivity index (χ4n) is 3.36. The van der Waals surface area contributed by atoms with Crippen molar-refractivity contribution in [3.05, 3.63) is 66.2 Å². The number of carbonyl (C=O) groups is 2. The summed E-state index contributed by atoms with van der Waals surface area (Å²) in [6.45, 7) is 4.07. The van der Waals surface area contributed by atoms with Crippen LogP contribution in [-0.4, -0.2) is 23.2 Å². The van der Waals surface area contributed by atoms with Crippen molar-refractivity contribution < 1.29 is 18.7 Å². The number of alkyl carbamates (subject to hydrolysis) is 1. The van der Waals surface area contributed by atoms with Crippen molar-refractivity contribution >= 4 is 23.5 Å². The van der Waals surface area contributed by atoms with Crippen LogP contribution in [0.25, 0.3) is 11.3 Å². The van der Waals surface area contributed by atoms with Gasteiger partial charge in [-0.25, -0.2) is 14.6 Å². The summed E-state index contributed by atoms with van der Waals surface area (Å²) in [5, 5.41) is 17.0. The second kappa shape index (κ2) is 12.1. The first-order chi connectivity index (χ1) is 16.5. The van der Waals surface area contributed by atoms with Gasteiger partial charge in [-0.2, -0.15) is 5.26 Å². The molecule has 1 aromatic heterocycles. The van der Waals surface area contributed by atoms with Gasteiger partial charge < -0.3 is 25.1 Å². The predicted molar refractivity (Wildman–Crippen MR) is 128 cm³/mol. The van der Waals surface area contributed by atoms with E-state index < -0.39 is 6.09 Å². The molecule has 0 saturated heterocycles. The van der Waals surface area contributed by atoms with Crippen molar-refractivity contribution in [1.29, 1.82) is 5.26 Å². The van der Waals surface area contributed by atoms with Crippen LogP contribution >= 0.6 is 0 Å². The summed E-state index contributed by atoms with van der Waals surface area (Å²) in [6.07, 6.45) is 3.69. The SMILES string of the molecule is CC[C@@H](CCC#N)OC(=O)NCc1cccc(NC(=O)Nc2ccc(-c3cnco3)c(C)c2)c1. The van der Waals surface area contributed by atoms with Crippen LogP contribution in [-0.2, 0) is 11.3 Å². The Morgan fingerprint density at radius 1 is 1.18 bits per heavy atom. The highest BCUT2D eigenvalue weighted by atomic mass is 16.6. The minimum absolute atomic E-state index is 0.243. The maximum absolute atomic E-state index is 12.5. The Labute approximate surface area is 198 Å². The molecule has 0 aliphatic rings. The number of nitrogens with zero attached hydrogens (tertiary/aromatic N) is 2. The molecule has 0 saturated carbocycles. The van der Waals surface area contributed by atoms with Gasteiger partial charge in [0.15, 0.2) is 12.2 Å². The number of carbonyl (C=O) groups excluding carboxylic acids is 2. The highest BCUT2D eigenvalue weighted by molar-refractivity contribution is 6.00. The summed E-state index contributed by atoms with van der Waals surface area (Å²) in [5.74, 6) is 0.662. The van der Waals surface area contributed by atoms with Crippen LogP contribution in [0.1, 0.15) is 37.3 Å². The molecule has 3 aromatic rings. The normalized spacial score (nSPS) is 11.2. The molecule has 1 atom stereocenters. The van der Waals surface area contributed by atoms with E-state index in [0.29, 0.717) is 36.4 Å². The lowest BCUT2D eigenvalue weighted by molar-refractivity contribution is 0.0906. The molecule has 0 aliphatic carbocycles. The summed E-state index contributed by atoms with van der Waals surface area (Å²) in [4.78, 5) is 28.4. The monoisotopic (exact) mass is 461 g/mol. The maximum atomic E-state index is 12.5. The molecular formula is C25H27N5O4. The third kappa shape index (κ3) is 7.10. The molecule has 0 unspecified atom stereocenters. The number of amides is 3. The summed E-state index contributed by atoms with van der Waals surface area (Å²) in [6, 6.07) is 14.3. The highest BCUT2D eigenvalue weighted by Gasteiger charge is 2.12. The zero-order chi connectivity index (χ0) is 24.3. The first kappa shape index (κ1) is 24.3. The van der Waals surface area contributed by atoms with E-state index in [1.807, 2.05) is 32.0 Å². The molecule has 3 N–H and O–H groups in total. The topological polar surface area (TPSA) is 129 Å². The molecule has 0 aliphatic heterocycles. The first-order valence-corrected chi connectivity index (χ1v) is 11.0. The van der Waals surface area contributed by atoms with E-state index in [0.717, 1.165) is 16.7 Å². The van der Waals surface area contributed by atoms with Gasteiger partial charge in [0, 0.05) is 29.9 Å². The summed E-state index contributed by atoms with van der Waals surface area (Å²) < 4.78 is 10.7. The van der Waals surface area contributed by atoms with E-state index in [1.54, 1.807) is 30.5 Å². The maximum Gasteiger partial charge on any atom is 0.407 e. The van der Waals surface area contributed by atoms with E-state index in [4.69, 9.17) is 14.4 Å². The van der Waals surface area contributed by atoms with E-state index in [-0.39, 0.29) is 18.7 Å². The Bertz CT molecular complexity index is 1150. The second-order valence-corrected chi connectivity index (χ2v) is 7.66. The van der Waals surface area contributed by atoms with Crippen LogP contribution in [0.3, 0.4) is 0 Å². The van der Waals surface area contributed by atoms with Crippen LogP contribution in [0.2, 0.25) is 0 Å². The van der Waals surface area contributed by atoms with Gasteiger partial charge in [-0.15, -0.1) is 0 Å². The number of oxazole rings is 1. The fraction of sp³-hybridized carbons (Fsp3) is 0.280. The first-order valence-electron chi connectivity index (χ1n) is 11.0. The number of benzene rings is 2. The molecule has 3 amide bonds. The summed E-state index contributed by atoms with van der Waals surface area (Å²) in [5.41, 5.74) is 3.86. The Balaban J connectivity index is 1.52.